The minimum absolute atomic E-state index is 0.275. The summed E-state index contributed by atoms with van der Waals surface area (Å²) in [6.07, 6.45) is -0.534. The number of carbonyl (C=O) groups excluding carboxylic acids is 1. The van der Waals surface area contributed by atoms with E-state index in [0.717, 1.165) is 5.56 Å². The van der Waals surface area contributed by atoms with E-state index >= 15 is 0 Å². The van der Waals surface area contributed by atoms with Crippen LogP contribution >= 0.6 is 11.3 Å². The Morgan fingerprint density at radius 1 is 1.22 bits per heavy atom. The van der Waals surface area contributed by atoms with Gasteiger partial charge < -0.3 is 14.2 Å². The third-order valence-electron chi connectivity index (χ3n) is 2.81. The zero-order chi connectivity index (χ0) is 16.8. The molecule has 1 N–H and O–H groups in total. The van der Waals surface area contributed by atoms with Gasteiger partial charge in [-0.15, -0.1) is 10.2 Å². The van der Waals surface area contributed by atoms with Gasteiger partial charge in [0.05, 0.1) is 20.8 Å². The third-order valence-corrected chi connectivity index (χ3v) is 3.70. The highest BCUT2D eigenvalue weighted by molar-refractivity contribution is 7.18. The normalized spacial score (nSPS) is 10.5. The number of amides is 1. The van der Waals surface area contributed by atoms with Crippen LogP contribution in [0.5, 0.6) is 11.5 Å². The summed E-state index contributed by atoms with van der Waals surface area (Å²) in [7, 11) is 3.15. The van der Waals surface area contributed by atoms with Crippen molar-refractivity contribution in [1.29, 1.82) is 0 Å². The van der Waals surface area contributed by atoms with E-state index in [2.05, 4.69) is 15.5 Å². The SMILES string of the molecule is COc1ccc(-c2nnc(NC(=O)OCC(C)C)s2)cc1OC. The number of ether oxygens (including phenoxy) is 3. The van der Waals surface area contributed by atoms with Crippen LogP contribution in [0.1, 0.15) is 13.8 Å². The number of carbonyl (C=O) groups is 1. The zero-order valence-corrected chi connectivity index (χ0v) is 14.3. The smallest absolute Gasteiger partial charge is 0.413 e. The van der Waals surface area contributed by atoms with Crippen molar-refractivity contribution in [1.82, 2.24) is 10.2 Å². The maximum atomic E-state index is 11.6. The van der Waals surface area contributed by atoms with E-state index in [1.54, 1.807) is 26.4 Å². The lowest BCUT2D eigenvalue weighted by Crippen LogP contribution is -2.16. The van der Waals surface area contributed by atoms with E-state index in [-0.39, 0.29) is 5.92 Å². The first kappa shape index (κ1) is 17.0. The van der Waals surface area contributed by atoms with Gasteiger partial charge in [-0.25, -0.2) is 4.79 Å². The van der Waals surface area contributed by atoms with Gasteiger partial charge in [-0.1, -0.05) is 25.2 Å². The fourth-order valence-corrected chi connectivity index (χ4v) is 2.45. The molecular formula is C15H19N3O4S. The zero-order valence-electron chi connectivity index (χ0n) is 13.5. The molecule has 0 bridgehead atoms. The Morgan fingerprint density at radius 2 is 1.96 bits per heavy atom. The quantitative estimate of drug-likeness (QED) is 0.869. The highest BCUT2D eigenvalue weighted by atomic mass is 32.1. The van der Waals surface area contributed by atoms with E-state index in [4.69, 9.17) is 14.2 Å². The largest absolute Gasteiger partial charge is 0.493 e. The Morgan fingerprint density at radius 3 is 2.61 bits per heavy atom. The fraction of sp³-hybridized carbons (Fsp3) is 0.400. The Kier molecular flexibility index (Phi) is 5.75. The molecule has 0 spiro atoms. The van der Waals surface area contributed by atoms with Crippen LogP contribution in [0.3, 0.4) is 0 Å². The van der Waals surface area contributed by atoms with Crippen molar-refractivity contribution in [2.75, 3.05) is 26.1 Å². The van der Waals surface area contributed by atoms with Crippen LogP contribution in [0, 0.1) is 5.92 Å². The van der Waals surface area contributed by atoms with E-state index < -0.39 is 6.09 Å². The maximum Gasteiger partial charge on any atom is 0.413 e. The van der Waals surface area contributed by atoms with Gasteiger partial charge in [-0.3, -0.25) is 5.32 Å². The molecule has 1 amide bonds. The Balaban J connectivity index is 2.08. The predicted molar refractivity (Wildman–Crippen MR) is 88.3 cm³/mol. The molecule has 1 heterocycles. The number of nitrogens with zero attached hydrogens (tertiary/aromatic N) is 2. The number of aromatic nitrogens is 2. The maximum absolute atomic E-state index is 11.6. The van der Waals surface area contributed by atoms with Crippen molar-refractivity contribution < 1.29 is 19.0 Å². The standard InChI is InChI=1S/C15H19N3O4S/c1-9(2)8-22-15(19)16-14-18-17-13(23-14)10-5-6-11(20-3)12(7-10)21-4/h5-7,9H,8H2,1-4H3,(H,16,18,19). The van der Waals surface area contributed by atoms with Crippen LogP contribution in [0.4, 0.5) is 9.93 Å². The molecule has 1 aromatic carbocycles. The summed E-state index contributed by atoms with van der Waals surface area (Å²) < 4.78 is 15.5. The number of anilines is 1. The molecule has 0 radical (unpaired) electrons. The molecule has 2 aromatic rings. The van der Waals surface area contributed by atoms with Gasteiger partial charge in [-0.2, -0.15) is 0 Å². The van der Waals surface area contributed by atoms with Crippen LogP contribution in [-0.2, 0) is 4.74 Å². The monoisotopic (exact) mass is 337 g/mol. The predicted octanol–water partition coefficient (Wildman–Crippen LogP) is 3.43. The first-order valence-electron chi connectivity index (χ1n) is 7.03. The lowest BCUT2D eigenvalue weighted by atomic mass is 10.2. The minimum Gasteiger partial charge on any atom is -0.493 e. The van der Waals surface area contributed by atoms with Gasteiger partial charge in [0.15, 0.2) is 11.5 Å². The van der Waals surface area contributed by atoms with Gasteiger partial charge in [0.25, 0.3) is 0 Å². The van der Waals surface area contributed by atoms with Crippen LogP contribution in [0.15, 0.2) is 18.2 Å². The fourth-order valence-electron chi connectivity index (χ4n) is 1.73. The second-order valence-corrected chi connectivity index (χ2v) is 6.08. The molecule has 23 heavy (non-hydrogen) atoms. The van der Waals surface area contributed by atoms with Gasteiger partial charge in [0.2, 0.25) is 5.13 Å². The lowest BCUT2D eigenvalue weighted by molar-refractivity contribution is 0.147. The summed E-state index contributed by atoms with van der Waals surface area (Å²) in [5, 5.41) is 11.6. The average Bonchev–Trinajstić information content (AvgIpc) is 3.00. The molecule has 0 atom stereocenters. The summed E-state index contributed by atoms with van der Waals surface area (Å²) in [4.78, 5) is 11.6. The Bertz CT molecular complexity index is 672. The number of methoxy groups -OCH3 is 2. The molecule has 0 aliphatic heterocycles. The number of hydrogen-bond acceptors (Lipinski definition) is 7. The van der Waals surface area contributed by atoms with Gasteiger partial charge in [0, 0.05) is 5.56 Å². The molecule has 7 nitrogen and oxygen atoms in total. The van der Waals surface area contributed by atoms with Crippen LogP contribution in [0.2, 0.25) is 0 Å². The van der Waals surface area contributed by atoms with Crippen molar-refractivity contribution >= 4 is 22.6 Å². The van der Waals surface area contributed by atoms with Crippen LogP contribution < -0.4 is 14.8 Å². The molecule has 0 aliphatic rings. The molecule has 0 saturated heterocycles. The van der Waals surface area contributed by atoms with E-state index in [9.17, 15) is 4.79 Å². The van der Waals surface area contributed by atoms with Crippen molar-refractivity contribution in [3.05, 3.63) is 18.2 Å². The lowest BCUT2D eigenvalue weighted by Gasteiger charge is -2.07. The van der Waals surface area contributed by atoms with Crippen molar-refractivity contribution in [3.63, 3.8) is 0 Å². The van der Waals surface area contributed by atoms with Gasteiger partial charge in [0.1, 0.15) is 5.01 Å². The molecule has 0 fully saturated rings. The molecule has 0 aliphatic carbocycles. The average molecular weight is 337 g/mol. The highest BCUT2D eigenvalue weighted by Gasteiger charge is 2.13. The molecule has 8 heteroatoms. The molecule has 1 aromatic heterocycles. The molecule has 124 valence electrons. The van der Waals surface area contributed by atoms with Gasteiger partial charge in [-0.05, 0) is 24.1 Å². The third kappa shape index (κ3) is 4.56. The minimum atomic E-state index is -0.534. The number of rotatable bonds is 6. The number of hydrogen-bond donors (Lipinski definition) is 1. The van der Waals surface area contributed by atoms with Crippen LogP contribution in [-0.4, -0.2) is 37.1 Å². The van der Waals surface area contributed by atoms with Crippen molar-refractivity contribution in [2.24, 2.45) is 5.92 Å². The molecule has 2 rings (SSSR count). The summed E-state index contributed by atoms with van der Waals surface area (Å²) in [5.74, 6) is 1.51. The van der Waals surface area contributed by atoms with Crippen molar-refractivity contribution in [3.8, 4) is 22.1 Å². The first-order chi connectivity index (χ1) is 11.0. The highest BCUT2D eigenvalue weighted by Crippen LogP contribution is 2.34. The van der Waals surface area contributed by atoms with Gasteiger partial charge >= 0.3 is 6.09 Å². The summed E-state index contributed by atoms with van der Waals surface area (Å²) in [6, 6.07) is 5.45. The Labute approximate surface area is 138 Å². The second-order valence-electron chi connectivity index (χ2n) is 5.10. The Hall–Kier alpha value is -2.35. The summed E-state index contributed by atoms with van der Waals surface area (Å²) >= 11 is 1.25. The number of nitrogens with one attached hydrogen (secondary N) is 1. The molecular weight excluding hydrogens is 318 g/mol. The number of benzene rings is 1. The summed E-state index contributed by atoms with van der Waals surface area (Å²) in [5.41, 5.74) is 0.823. The summed E-state index contributed by atoms with van der Waals surface area (Å²) in [6.45, 7) is 4.29. The van der Waals surface area contributed by atoms with E-state index in [0.29, 0.717) is 28.2 Å². The van der Waals surface area contributed by atoms with Crippen LogP contribution in [0.25, 0.3) is 10.6 Å². The van der Waals surface area contributed by atoms with Crippen molar-refractivity contribution in [2.45, 2.75) is 13.8 Å². The topological polar surface area (TPSA) is 82.6 Å². The molecule has 0 saturated carbocycles. The first-order valence-corrected chi connectivity index (χ1v) is 7.84. The van der Waals surface area contributed by atoms with E-state index in [1.165, 1.54) is 11.3 Å². The van der Waals surface area contributed by atoms with E-state index in [1.807, 2.05) is 19.9 Å². The second kappa shape index (κ2) is 7.77. The molecule has 0 unspecified atom stereocenters.